The van der Waals surface area contributed by atoms with E-state index in [4.69, 9.17) is 9.47 Å². The maximum absolute atomic E-state index is 5.94. The molecule has 1 aromatic rings. The lowest BCUT2D eigenvalue weighted by Gasteiger charge is -2.23. The van der Waals surface area contributed by atoms with Crippen molar-refractivity contribution in [3.63, 3.8) is 0 Å². The normalized spacial score (nSPS) is 19.2. The number of ether oxygens (including phenoxy) is 2. The maximum Gasteiger partial charge on any atom is 0.161 e. The number of aryl methyl sites for hydroxylation is 1. The minimum Gasteiger partial charge on any atom is -0.493 e. The van der Waals surface area contributed by atoms with Crippen LogP contribution in [0.5, 0.6) is 11.5 Å². The molecule has 2 rings (SSSR count). The summed E-state index contributed by atoms with van der Waals surface area (Å²) in [6.07, 6.45) is 4.74. The van der Waals surface area contributed by atoms with E-state index >= 15 is 0 Å². The van der Waals surface area contributed by atoms with E-state index in [0.29, 0.717) is 5.92 Å². The average molecular weight is 263 g/mol. The molecule has 1 fully saturated rings. The quantitative estimate of drug-likeness (QED) is 0.855. The monoisotopic (exact) mass is 263 g/mol. The van der Waals surface area contributed by atoms with E-state index in [9.17, 15) is 0 Å². The molecule has 0 saturated carbocycles. The summed E-state index contributed by atoms with van der Waals surface area (Å²) < 4.78 is 11.4. The zero-order valence-electron chi connectivity index (χ0n) is 12.1. The largest absolute Gasteiger partial charge is 0.493 e. The Kier molecular flexibility index (Phi) is 5.52. The molecule has 1 heterocycles. The smallest absolute Gasteiger partial charge is 0.161 e. The van der Waals surface area contributed by atoms with Gasteiger partial charge in [-0.1, -0.05) is 19.4 Å². The molecular weight excluding hydrogens is 238 g/mol. The van der Waals surface area contributed by atoms with Gasteiger partial charge in [0.2, 0.25) is 0 Å². The third kappa shape index (κ3) is 4.13. The Labute approximate surface area is 116 Å². The molecule has 1 saturated heterocycles. The number of benzene rings is 1. The van der Waals surface area contributed by atoms with Crippen molar-refractivity contribution in [2.24, 2.45) is 5.92 Å². The van der Waals surface area contributed by atoms with Crippen LogP contribution in [0.1, 0.15) is 31.7 Å². The van der Waals surface area contributed by atoms with Crippen LogP contribution in [0, 0.1) is 5.92 Å². The third-order valence-corrected chi connectivity index (χ3v) is 3.64. The van der Waals surface area contributed by atoms with Crippen LogP contribution in [0.25, 0.3) is 0 Å². The van der Waals surface area contributed by atoms with E-state index in [2.05, 4.69) is 24.4 Å². The summed E-state index contributed by atoms with van der Waals surface area (Å²) in [5, 5.41) is 3.41. The maximum atomic E-state index is 5.94. The summed E-state index contributed by atoms with van der Waals surface area (Å²) >= 11 is 0. The van der Waals surface area contributed by atoms with Crippen molar-refractivity contribution in [3.8, 4) is 11.5 Å². The van der Waals surface area contributed by atoms with Crippen molar-refractivity contribution in [2.75, 3.05) is 26.8 Å². The molecule has 19 heavy (non-hydrogen) atoms. The predicted molar refractivity (Wildman–Crippen MR) is 78.1 cm³/mol. The van der Waals surface area contributed by atoms with Crippen molar-refractivity contribution in [3.05, 3.63) is 23.8 Å². The second kappa shape index (κ2) is 7.39. The van der Waals surface area contributed by atoms with Crippen LogP contribution in [-0.2, 0) is 6.42 Å². The van der Waals surface area contributed by atoms with Crippen LogP contribution in [0.15, 0.2) is 18.2 Å². The molecule has 1 unspecified atom stereocenters. The van der Waals surface area contributed by atoms with Crippen molar-refractivity contribution in [1.29, 1.82) is 0 Å². The highest BCUT2D eigenvalue weighted by Gasteiger charge is 2.14. The molecule has 0 bridgehead atoms. The summed E-state index contributed by atoms with van der Waals surface area (Å²) in [5.41, 5.74) is 1.31. The molecule has 0 spiro atoms. The van der Waals surface area contributed by atoms with Crippen LogP contribution in [0.3, 0.4) is 0 Å². The van der Waals surface area contributed by atoms with Gasteiger partial charge in [0.05, 0.1) is 13.7 Å². The van der Waals surface area contributed by atoms with Gasteiger partial charge in [-0.05, 0) is 43.5 Å². The van der Waals surface area contributed by atoms with Gasteiger partial charge >= 0.3 is 0 Å². The lowest BCUT2D eigenvalue weighted by molar-refractivity contribution is 0.211. The first-order chi connectivity index (χ1) is 9.33. The highest BCUT2D eigenvalue weighted by Crippen LogP contribution is 2.29. The topological polar surface area (TPSA) is 30.5 Å². The molecule has 1 atom stereocenters. The van der Waals surface area contributed by atoms with Crippen molar-refractivity contribution < 1.29 is 9.47 Å². The molecule has 0 aliphatic carbocycles. The fourth-order valence-electron chi connectivity index (χ4n) is 2.55. The summed E-state index contributed by atoms with van der Waals surface area (Å²) in [4.78, 5) is 0. The van der Waals surface area contributed by atoms with Gasteiger partial charge in [-0.15, -0.1) is 0 Å². The second-order valence-corrected chi connectivity index (χ2v) is 5.26. The first kappa shape index (κ1) is 14.2. The summed E-state index contributed by atoms with van der Waals surface area (Å²) in [7, 11) is 1.71. The van der Waals surface area contributed by atoms with E-state index in [0.717, 1.165) is 44.0 Å². The average Bonchev–Trinajstić information content (AvgIpc) is 2.47. The van der Waals surface area contributed by atoms with Crippen LogP contribution in [0.2, 0.25) is 0 Å². The Morgan fingerprint density at radius 2 is 2.21 bits per heavy atom. The molecule has 3 nitrogen and oxygen atoms in total. The van der Waals surface area contributed by atoms with Crippen LogP contribution in [0.4, 0.5) is 0 Å². The molecule has 1 aromatic carbocycles. The van der Waals surface area contributed by atoms with Gasteiger partial charge in [-0.3, -0.25) is 0 Å². The second-order valence-electron chi connectivity index (χ2n) is 5.26. The molecule has 1 aliphatic rings. The number of methoxy groups -OCH3 is 1. The van der Waals surface area contributed by atoms with Crippen molar-refractivity contribution in [1.82, 2.24) is 5.32 Å². The number of piperidine rings is 1. The minimum atomic E-state index is 0.619. The number of hydrogen-bond donors (Lipinski definition) is 1. The highest BCUT2D eigenvalue weighted by atomic mass is 16.5. The molecule has 3 heteroatoms. The molecule has 106 valence electrons. The fraction of sp³-hybridized carbons (Fsp3) is 0.625. The molecule has 1 aliphatic heterocycles. The van der Waals surface area contributed by atoms with Gasteiger partial charge in [-0.2, -0.15) is 0 Å². The highest BCUT2D eigenvalue weighted by molar-refractivity contribution is 5.43. The van der Waals surface area contributed by atoms with E-state index < -0.39 is 0 Å². The predicted octanol–water partition coefficient (Wildman–Crippen LogP) is 3.03. The van der Waals surface area contributed by atoms with E-state index in [1.165, 1.54) is 18.4 Å². The Bertz CT molecular complexity index is 386. The zero-order chi connectivity index (χ0) is 13.5. The van der Waals surface area contributed by atoms with Gasteiger partial charge < -0.3 is 14.8 Å². The Hall–Kier alpha value is -1.22. The standard InChI is InChI=1S/C16H25NO2/c1-3-5-13-7-8-15(16(10-13)18-2)19-12-14-6-4-9-17-11-14/h7-8,10,14,17H,3-6,9,11-12H2,1-2H3. The first-order valence-corrected chi connectivity index (χ1v) is 7.34. The van der Waals surface area contributed by atoms with Gasteiger partial charge in [-0.25, -0.2) is 0 Å². The summed E-state index contributed by atoms with van der Waals surface area (Å²) in [6.45, 7) is 5.17. The number of hydrogen-bond acceptors (Lipinski definition) is 3. The summed E-state index contributed by atoms with van der Waals surface area (Å²) in [6, 6.07) is 6.28. The van der Waals surface area contributed by atoms with Gasteiger partial charge in [0, 0.05) is 12.5 Å². The Morgan fingerprint density at radius 3 is 2.89 bits per heavy atom. The lowest BCUT2D eigenvalue weighted by Crippen LogP contribution is -2.33. The molecule has 0 aromatic heterocycles. The van der Waals surface area contributed by atoms with Crippen LogP contribution >= 0.6 is 0 Å². The lowest BCUT2D eigenvalue weighted by atomic mass is 10.0. The van der Waals surface area contributed by atoms with Gasteiger partial charge in [0.15, 0.2) is 11.5 Å². The van der Waals surface area contributed by atoms with E-state index in [1.54, 1.807) is 7.11 Å². The molecule has 0 amide bonds. The van der Waals surface area contributed by atoms with Gasteiger partial charge in [0.1, 0.15) is 0 Å². The first-order valence-electron chi connectivity index (χ1n) is 7.34. The molecule has 0 radical (unpaired) electrons. The summed E-state index contributed by atoms with van der Waals surface area (Å²) in [5.74, 6) is 2.34. The fourth-order valence-corrected chi connectivity index (χ4v) is 2.55. The third-order valence-electron chi connectivity index (χ3n) is 3.64. The number of nitrogens with one attached hydrogen (secondary N) is 1. The van der Waals surface area contributed by atoms with Crippen LogP contribution < -0.4 is 14.8 Å². The zero-order valence-corrected chi connectivity index (χ0v) is 12.1. The van der Waals surface area contributed by atoms with E-state index in [-0.39, 0.29) is 0 Å². The van der Waals surface area contributed by atoms with Crippen molar-refractivity contribution >= 4 is 0 Å². The van der Waals surface area contributed by atoms with Crippen LogP contribution in [-0.4, -0.2) is 26.8 Å². The molecule has 1 N–H and O–H groups in total. The minimum absolute atomic E-state index is 0.619. The number of rotatable bonds is 6. The Morgan fingerprint density at radius 1 is 1.32 bits per heavy atom. The SMILES string of the molecule is CCCc1ccc(OCC2CCCNC2)c(OC)c1. The van der Waals surface area contributed by atoms with Gasteiger partial charge in [0.25, 0.3) is 0 Å². The van der Waals surface area contributed by atoms with Crippen molar-refractivity contribution in [2.45, 2.75) is 32.6 Å². The van der Waals surface area contributed by atoms with E-state index in [1.807, 2.05) is 6.07 Å². The Balaban J connectivity index is 1.94. The molecular formula is C16H25NO2.